The Bertz CT molecular complexity index is 607. The topological polar surface area (TPSA) is 0 Å². The Morgan fingerprint density at radius 3 is 2.43 bits per heavy atom. The Morgan fingerprint density at radius 1 is 0.952 bits per heavy atom. The quantitative estimate of drug-likeness (QED) is 0.603. The molecule has 2 aromatic rings. The van der Waals surface area contributed by atoms with Gasteiger partial charge in [0.15, 0.2) is 0 Å². The number of benzene rings is 2. The van der Waals surface area contributed by atoms with Gasteiger partial charge in [-0.25, -0.2) is 0 Å². The lowest BCUT2D eigenvalue weighted by Crippen LogP contribution is -2.05. The van der Waals surface area contributed by atoms with Crippen LogP contribution in [0.4, 0.5) is 0 Å². The molecule has 0 nitrogen and oxygen atoms in total. The summed E-state index contributed by atoms with van der Waals surface area (Å²) < 4.78 is 0. The van der Waals surface area contributed by atoms with E-state index in [1.54, 1.807) is 5.57 Å². The van der Waals surface area contributed by atoms with E-state index in [1.165, 1.54) is 42.4 Å². The summed E-state index contributed by atoms with van der Waals surface area (Å²) in [7, 11) is 0. The molecule has 0 spiro atoms. The molecule has 3 rings (SSSR count). The van der Waals surface area contributed by atoms with E-state index in [-0.39, 0.29) is 0 Å². The van der Waals surface area contributed by atoms with Crippen LogP contribution in [0.25, 0.3) is 0 Å². The molecule has 0 amide bonds. The Labute approximate surface area is 128 Å². The van der Waals surface area contributed by atoms with Gasteiger partial charge >= 0.3 is 0 Å². The van der Waals surface area contributed by atoms with Crippen molar-refractivity contribution in [2.75, 3.05) is 0 Å². The van der Waals surface area contributed by atoms with E-state index in [4.69, 9.17) is 0 Å². The van der Waals surface area contributed by atoms with Crippen LogP contribution in [0, 0.1) is 6.92 Å². The van der Waals surface area contributed by atoms with Crippen LogP contribution in [0.1, 0.15) is 48.3 Å². The zero-order valence-electron chi connectivity index (χ0n) is 12.9. The van der Waals surface area contributed by atoms with E-state index in [9.17, 15) is 0 Å². The minimum absolute atomic E-state index is 0.605. The molecule has 2 aromatic carbocycles. The Morgan fingerprint density at radius 2 is 1.71 bits per heavy atom. The zero-order valence-corrected chi connectivity index (χ0v) is 12.9. The van der Waals surface area contributed by atoms with E-state index in [0.29, 0.717) is 5.92 Å². The van der Waals surface area contributed by atoms with Crippen LogP contribution >= 0.6 is 0 Å². The molecule has 1 aliphatic carbocycles. The summed E-state index contributed by atoms with van der Waals surface area (Å²) in [6, 6.07) is 19.8. The van der Waals surface area contributed by atoms with Gasteiger partial charge in [-0.3, -0.25) is 0 Å². The normalized spacial score (nSPS) is 15.8. The van der Waals surface area contributed by atoms with Crippen LogP contribution in [0.15, 0.2) is 66.2 Å². The Kier molecular flexibility index (Phi) is 4.55. The molecule has 0 heterocycles. The van der Waals surface area contributed by atoms with Gasteiger partial charge in [0.2, 0.25) is 0 Å². The molecule has 108 valence electrons. The van der Waals surface area contributed by atoms with Gasteiger partial charge in [0, 0.05) is 5.92 Å². The fraction of sp³-hybridized carbons (Fsp3) is 0.333. The van der Waals surface area contributed by atoms with Gasteiger partial charge in [0.25, 0.3) is 0 Å². The molecule has 1 atom stereocenters. The molecule has 0 fully saturated rings. The second kappa shape index (κ2) is 6.76. The van der Waals surface area contributed by atoms with Gasteiger partial charge in [-0.05, 0) is 55.7 Å². The molecule has 0 aliphatic heterocycles. The van der Waals surface area contributed by atoms with Gasteiger partial charge in [0.1, 0.15) is 0 Å². The highest BCUT2D eigenvalue weighted by Crippen LogP contribution is 2.37. The summed E-state index contributed by atoms with van der Waals surface area (Å²) >= 11 is 0. The molecule has 0 saturated heterocycles. The lowest BCUT2D eigenvalue weighted by Gasteiger charge is -2.21. The van der Waals surface area contributed by atoms with Crippen molar-refractivity contribution in [1.29, 1.82) is 0 Å². The van der Waals surface area contributed by atoms with Gasteiger partial charge in [0.05, 0.1) is 0 Å². The fourth-order valence-corrected chi connectivity index (χ4v) is 3.49. The van der Waals surface area contributed by atoms with Crippen molar-refractivity contribution in [2.24, 2.45) is 0 Å². The summed E-state index contributed by atoms with van der Waals surface area (Å²) in [4.78, 5) is 0. The third-order valence-corrected chi connectivity index (χ3v) is 4.65. The van der Waals surface area contributed by atoms with Crippen LogP contribution in [-0.2, 0) is 6.42 Å². The molecular formula is C21H24. The van der Waals surface area contributed by atoms with Crippen molar-refractivity contribution >= 4 is 0 Å². The SMILES string of the molecule is Cc1ccccc1[C@H](CCc1ccccc1)C1=CCCC1. The molecule has 21 heavy (non-hydrogen) atoms. The van der Waals surface area contributed by atoms with Gasteiger partial charge < -0.3 is 0 Å². The first kappa shape index (κ1) is 14.1. The lowest BCUT2D eigenvalue weighted by molar-refractivity contribution is 0.676. The van der Waals surface area contributed by atoms with E-state index >= 15 is 0 Å². The van der Waals surface area contributed by atoms with Gasteiger partial charge in [-0.1, -0.05) is 66.2 Å². The third-order valence-electron chi connectivity index (χ3n) is 4.65. The molecule has 0 bridgehead atoms. The number of hydrogen-bond acceptors (Lipinski definition) is 0. The van der Waals surface area contributed by atoms with Crippen molar-refractivity contribution in [1.82, 2.24) is 0 Å². The molecule has 0 aromatic heterocycles. The predicted molar refractivity (Wildman–Crippen MR) is 90.6 cm³/mol. The molecule has 1 aliphatic rings. The van der Waals surface area contributed by atoms with E-state index < -0.39 is 0 Å². The first-order valence-electron chi connectivity index (χ1n) is 8.13. The van der Waals surface area contributed by atoms with Crippen molar-refractivity contribution in [2.45, 2.75) is 44.9 Å². The van der Waals surface area contributed by atoms with Crippen molar-refractivity contribution in [3.63, 3.8) is 0 Å². The predicted octanol–water partition coefficient (Wildman–Crippen LogP) is 5.82. The molecule has 0 radical (unpaired) electrons. The second-order valence-electron chi connectivity index (χ2n) is 6.10. The average Bonchev–Trinajstić information content (AvgIpc) is 3.04. The maximum atomic E-state index is 2.49. The summed E-state index contributed by atoms with van der Waals surface area (Å²) in [5.41, 5.74) is 6.08. The minimum atomic E-state index is 0.605. The zero-order chi connectivity index (χ0) is 14.5. The number of hydrogen-bond donors (Lipinski definition) is 0. The molecule has 0 heteroatoms. The minimum Gasteiger partial charge on any atom is -0.0847 e. The van der Waals surface area contributed by atoms with Gasteiger partial charge in [-0.2, -0.15) is 0 Å². The lowest BCUT2D eigenvalue weighted by atomic mass is 9.83. The molecule has 0 saturated carbocycles. The number of rotatable bonds is 5. The van der Waals surface area contributed by atoms with Crippen LogP contribution in [-0.4, -0.2) is 0 Å². The first-order valence-corrected chi connectivity index (χ1v) is 8.13. The highest BCUT2D eigenvalue weighted by molar-refractivity contribution is 5.36. The maximum Gasteiger partial charge on any atom is 0.00539 e. The first-order chi connectivity index (χ1) is 10.3. The average molecular weight is 276 g/mol. The number of allylic oxidation sites excluding steroid dienone is 2. The maximum absolute atomic E-state index is 2.49. The van der Waals surface area contributed by atoms with Crippen molar-refractivity contribution in [3.05, 3.63) is 82.9 Å². The Balaban J connectivity index is 1.81. The van der Waals surface area contributed by atoms with Crippen molar-refractivity contribution in [3.8, 4) is 0 Å². The summed E-state index contributed by atoms with van der Waals surface area (Å²) in [6.07, 6.45) is 8.76. The highest BCUT2D eigenvalue weighted by atomic mass is 14.2. The Hall–Kier alpha value is -1.82. The van der Waals surface area contributed by atoms with Crippen LogP contribution in [0.3, 0.4) is 0 Å². The fourth-order valence-electron chi connectivity index (χ4n) is 3.49. The third kappa shape index (κ3) is 3.44. The summed E-state index contributed by atoms with van der Waals surface area (Å²) in [5.74, 6) is 0.605. The standard InChI is InChI=1S/C21H24/c1-17-9-5-8-14-20(17)21(19-12-6-7-13-19)16-15-18-10-3-2-4-11-18/h2-5,8-12,14,21H,6-7,13,15-16H2,1H3/t21-/m1/s1. The summed E-state index contributed by atoms with van der Waals surface area (Å²) in [6.45, 7) is 2.25. The van der Waals surface area contributed by atoms with Crippen LogP contribution in [0.2, 0.25) is 0 Å². The number of aryl methyl sites for hydroxylation is 2. The van der Waals surface area contributed by atoms with E-state index in [2.05, 4.69) is 67.6 Å². The van der Waals surface area contributed by atoms with E-state index in [0.717, 1.165) is 6.42 Å². The smallest absolute Gasteiger partial charge is 0.00539 e. The van der Waals surface area contributed by atoms with Crippen LogP contribution < -0.4 is 0 Å². The molecular weight excluding hydrogens is 252 g/mol. The van der Waals surface area contributed by atoms with Crippen molar-refractivity contribution < 1.29 is 0 Å². The molecule has 0 unspecified atom stereocenters. The van der Waals surface area contributed by atoms with Crippen LogP contribution in [0.5, 0.6) is 0 Å². The monoisotopic (exact) mass is 276 g/mol. The highest BCUT2D eigenvalue weighted by Gasteiger charge is 2.20. The summed E-state index contributed by atoms with van der Waals surface area (Å²) in [5, 5.41) is 0. The largest absolute Gasteiger partial charge is 0.0847 e. The van der Waals surface area contributed by atoms with E-state index in [1.807, 2.05) is 0 Å². The second-order valence-corrected chi connectivity index (χ2v) is 6.10. The van der Waals surface area contributed by atoms with Gasteiger partial charge in [-0.15, -0.1) is 0 Å². The molecule has 0 N–H and O–H groups in total.